The first-order valence-electron chi connectivity index (χ1n) is 7.03. The van der Waals surface area contributed by atoms with Crippen LogP contribution in [0.2, 0.25) is 0 Å². The van der Waals surface area contributed by atoms with Crippen LogP contribution in [0.5, 0.6) is 0 Å². The summed E-state index contributed by atoms with van der Waals surface area (Å²) >= 11 is 0. The molecule has 0 spiro atoms. The van der Waals surface area contributed by atoms with Gasteiger partial charge in [-0.1, -0.05) is 13.3 Å². The van der Waals surface area contributed by atoms with Gasteiger partial charge >= 0.3 is 5.97 Å². The predicted molar refractivity (Wildman–Crippen MR) is 75.3 cm³/mol. The minimum atomic E-state index is -0.764. The van der Waals surface area contributed by atoms with Gasteiger partial charge in [0.05, 0.1) is 12.2 Å². The van der Waals surface area contributed by atoms with E-state index in [0.717, 1.165) is 18.6 Å². The minimum Gasteiger partial charge on any atom is -0.481 e. The molecule has 5 heteroatoms. The van der Waals surface area contributed by atoms with Gasteiger partial charge in [0, 0.05) is 18.9 Å². The van der Waals surface area contributed by atoms with E-state index < -0.39 is 5.97 Å². The van der Waals surface area contributed by atoms with Gasteiger partial charge in [0.25, 0.3) is 0 Å². The lowest BCUT2D eigenvalue weighted by Crippen LogP contribution is -2.32. The molecule has 1 heterocycles. The minimum absolute atomic E-state index is 0.000169. The van der Waals surface area contributed by atoms with Crippen LogP contribution in [0.4, 0.5) is 0 Å². The standard InChI is InChI=1S/C15H23NO4/c1-11(15(18)19)5-3-6-12(2)16-14(17)9-8-13-7-4-10-20-13/h4,7,10-12H,3,5-6,8-9H2,1-2H3,(H,16,17)(H,18,19). The van der Waals surface area contributed by atoms with Gasteiger partial charge in [-0.25, -0.2) is 0 Å². The zero-order valence-corrected chi connectivity index (χ0v) is 12.1. The summed E-state index contributed by atoms with van der Waals surface area (Å²) in [5, 5.41) is 11.7. The van der Waals surface area contributed by atoms with Crippen molar-refractivity contribution in [2.75, 3.05) is 0 Å². The van der Waals surface area contributed by atoms with Gasteiger partial charge < -0.3 is 14.8 Å². The molecule has 1 rings (SSSR count). The van der Waals surface area contributed by atoms with E-state index in [1.54, 1.807) is 19.3 Å². The van der Waals surface area contributed by atoms with E-state index in [1.165, 1.54) is 0 Å². The molecule has 2 unspecified atom stereocenters. The van der Waals surface area contributed by atoms with Crippen LogP contribution in [0.1, 0.15) is 45.3 Å². The van der Waals surface area contributed by atoms with Crippen molar-refractivity contribution in [2.45, 2.75) is 52.0 Å². The molecule has 1 aromatic rings. The molecule has 0 aliphatic rings. The predicted octanol–water partition coefficient (Wildman–Crippen LogP) is 2.61. The maximum Gasteiger partial charge on any atom is 0.306 e. The molecular weight excluding hydrogens is 258 g/mol. The van der Waals surface area contributed by atoms with Crippen molar-refractivity contribution in [3.8, 4) is 0 Å². The molecule has 5 nitrogen and oxygen atoms in total. The zero-order chi connectivity index (χ0) is 15.0. The van der Waals surface area contributed by atoms with E-state index in [-0.39, 0.29) is 17.9 Å². The second-order valence-electron chi connectivity index (χ2n) is 5.22. The van der Waals surface area contributed by atoms with Crippen LogP contribution in [-0.2, 0) is 16.0 Å². The van der Waals surface area contributed by atoms with Gasteiger partial charge in [0.1, 0.15) is 5.76 Å². The Kier molecular flexibility index (Phi) is 6.84. The first kappa shape index (κ1) is 16.3. The van der Waals surface area contributed by atoms with Crippen molar-refractivity contribution in [3.63, 3.8) is 0 Å². The number of amides is 1. The third-order valence-electron chi connectivity index (χ3n) is 3.28. The Morgan fingerprint density at radius 1 is 1.35 bits per heavy atom. The van der Waals surface area contributed by atoms with Crippen LogP contribution in [0.25, 0.3) is 0 Å². The van der Waals surface area contributed by atoms with Gasteiger partial charge in [0.15, 0.2) is 0 Å². The van der Waals surface area contributed by atoms with E-state index in [4.69, 9.17) is 9.52 Å². The van der Waals surface area contributed by atoms with E-state index in [0.29, 0.717) is 19.3 Å². The number of carbonyl (C=O) groups excluding carboxylic acids is 1. The highest BCUT2D eigenvalue weighted by molar-refractivity contribution is 5.76. The summed E-state index contributed by atoms with van der Waals surface area (Å²) in [5.74, 6) is -0.278. The van der Waals surface area contributed by atoms with Gasteiger partial charge in [0.2, 0.25) is 5.91 Å². The topological polar surface area (TPSA) is 79.5 Å². The fourth-order valence-corrected chi connectivity index (χ4v) is 1.96. The molecule has 0 aliphatic carbocycles. The Bertz CT molecular complexity index is 414. The summed E-state index contributed by atoms with van der Waals surface area (Å²) in [6, 6.07) is 3.73. The number of carboxylic acids is 1. The maximum atomic E-state index is 11.7. The molecule has 112 valence electrons. The van der Waals surface area contributed by atoms with E-state index in [1.807, 2.05) is 13.0 Å². The largest absolute Gasteiger partial charge is 0.481 e. The van der Waals surface area contributed by atoms with E-state index >= 15 is 0 Å². The molecule has 0 aliphatic heterocycles. The maximum absolute atomic E-state index is 11.7. The SMILES string of the molecule is CC(CCCC(C)C(=O)O)NC(=O)CCc1ccco1. The molecule has 20 heavy (non-hydrogen) atoms. The lowest BCUT2D eigenvalue weighted by molar-refractivity contribution is -0.141. The highest BCUT2D eigenvalue weighted by atomic mass is 16.4. The van der Waals surface area contributed by atoms with Crippen LogP contribution >= 0.6 is 0 Å². The number of rotatable bonds is 9. The monoisotopic (exact) mass is 281 g/mol. The van der Waals surface area contributed by atoms with Crippen LogP contribution in [0, 0.1) is 5.92 Å². The zero-order valence-electron chi connectivity index (χ0n) is 12.1. The molecule has 0 radical (unpaired) electrons. The number of aliphatic carboxylic acids is 1. The molecule has 0 fully saturated rings. The fourth-order valence-electron chi connectivity index (χ4n) is 1.96. The number of hydrogen-bond donors (Lipinski definition) is 2. The highest BCUT2D eigenvalue weighted by Crippen LogP contribution is 2.10. The summed E-state index contributed by atoms with van der Waals surface area (Å²) < 4.78 is 5.17. The third kappa shape index (κ3) is 6.41. The number of carbonyl (C=O) groups is 2. The second-order valence-corrected chi connectivity index (χ2v) is 5.22. The molecule has 0 bridgehead atoms. The fraction of sp³-hybridized carbons (Fsp3) is 0.600. The summed E-state index contributed by atoms with van der Waals surface area (Å²) in [6.07, 6.45) is 4.84. The summed E-state index contributed by atoms with van der Waals surface area (Å²) in [7, 11) is 0. The molecule has 2 N–H and O–H groups in total. The van der Waals surface area contributed by atoms with Crippen LogP contribution in [0.3, 0.4) is 0 Å². The van der Waals surface area contributed by atoms with Crippen LogP contribution in [0.15, 0.2) is 22.8 Å². The third-order valence-corrected chi connectivity index (χ3v) is 3.28. The summed E-state index contributed by atoms with van der Waals surface area (Å²) in [4.78, 5) is 22.4. The van der Waals surface area contributed by atoms with Crippen molar-refractivity contribution in [3.05, 3.63) is 24.2 Å². The van der Waals surface area contributed by atoms with Crippen LogP contribution in [-0.4, -0.2) is 23.0 Å². The highest BCUT2D eigenvalue weighted by Gasteiger charge is 2.12. The lowest BCUT2D eigenvalue weighted by Gasteiger charge is -2.14. The Balaban J connectivity index is 2.13. The molecule has 0 saturated heterocycles. The Labute approximate surface area is 119 Å². The normalized spacial score (nSPS) is 13.7. The quantitative estimate of drug-likeness (QED) is 0.729. The number of hydrogen-bond acceptors (Lipinski definition) is 3. The lowest BCUT2D eigenvalue weighted by atomic mass is 10.0. The van der Waals surface area contributed by atoms with Gasteiger partial charge in [-0.15, -0.1) is 0 Å². The summed E-state index contributed by atoms with van der Waals surface area (Å²) in [5.41, 5.74) is 0. The average molecular weight is 281 g/mol. The van der Waals surface area contributed by atoms with Crippen molar-refractivity contribution in [1.82, 2.24) is 5.32 Å². The summed E-state index contributed by atoms with van der Waals surface area (Å²) in [6.45, 7) is 3.64. The average Bonchev–Trinajstić information content (AvgIpc) is 2.89. The number of aryl methyl sites for hydroxylation is 1. The molecule has 1 aromatic heterocycles. The van der Waals surface area contributed by atoms with Crippen molar-refractivity contribution >= 4 is 11.9 Å². The second kappa shape index (κ2) is 8.40. The Morgan fingerprint density at radius 2 is 2.10 bits per heavy atom. The van der Waals surface area contributed by atoms with Crippen molar-refractivity contribution < 1.29 is 19.1 Å². The molecule has 0 aromatic carbocycles. The van der Waals surface area contributed by atoms with Crippen molar-refractivity contribution in [1.29, 1.82) is 0 Å². The first-order chi connectivity index (χ1) is 9.49. The van der Waals surface area contributed by atoms with E-state index in [2.05, 4.69) is 5.32 Å². The van der Waals surface area contributed by atoms with Gasteiger partial charge in [-0.3, -0.25) is 9.59 Å². The van der Waals surface area contributed by atoms with E-state index in [9.17, 15) is 9.59 Å². The Morgan fingerprint density at radius 3 is 2.70 bits per heavy atom. The van der Waals surface area contributed by atoms with Crippen molar-refractivity contribution in [2.24, 2.45) is 5.92 Å². The van der Waals surface area contributed by atoms with Crippen LogP contribution < -0.4 is 5.32 Å². The Hall–Kier alpha value is -1.78. The smallest absolute Gasteiger partial charge is 0.306 e. The van der Waals surface area contributed by atoms with Gasteiger partial charge in [-0.05, 0) is 31.9 Å². The molecule has 0 saturated carbocycles. The number of nitrogens with one attached hydrogen (secondary N) is 1. The first-order valence-corrected chi connectivity index (χ1v) is 7.03. The van der Waals surface area contributed by atoms with Gasteiger partial charge in [-0.2, -0.15) is 0 Å². The number of furan rings is 1. The molecule has 1 amide bonds. The molecule has 2 atom stereocenters. The number of carboxylic acid groups (broad SMARTS) is 1. The molecular formula is C15H23NO4.